The Hall–Kier alpha value is -1.79. The van der Waals surface area contributed by atoms with Gasteiger partial charge < -0.3 is 5.73 Å². The van der Waals surface area contributed by atoms with Crippen molar-refractivity contribution in [1.82, 2.24) is 0 Å². The van der Waals surface area contributed by atoms with Gasteiger partial charge in [-0.05, 0) is 42.5 Å². The molecular weight excluding hydrogens is 291 g/mol. The van der Waals surface area contributed by atoms with Crippen LogP contribution in [0.1, 0.15) is 0 Å². The Kier molecular flexibility index (Phi) is 3.64. The van der Waals surface area contributed by atoms with Crippen molar-refractivity contribution in [3.63, 3.8) is 0 Å². The quantitative estimate of drug-likeness (QED) is 0.856. The van der Waals surface area contributed by atoms with Crippen LogP contribution in [0.15, 0.2) is 47.4 Å². The van der Waals surface area contributed by atoms with Crippen molar-refractivity contribution in [2.24, 2.45) is 0 Å². The highest BCUT2D eigenvalue weighted by atomic mass is 35.5. The minimum atomic E-state index is -3.83. The van der Waals surface area contributed by atoms with Crippen LogP contribution in [0.2, 0.25) is 5.02 Å². The first-order valence-corrected chi connectivity index (χ1v) is 7.08. The first-order valence-electron chi connectivity index (χ1n) is 5.22. The first kappa shape index (κ1) is 13.6. The van der Waals surface area contributed by atoms with Crippen LogP contribution in [0.5, 0.6) is 0 Å². The summed E-state index contributed by atoms with van der Waals surface area (Å²) in [6, 6.07) is 8.90. The predicted molar refractivity (Wildman–Crippen MR) is 73.1 cm³/mol. The third-order valence-electron chi connectivity index (χ3n) is 2.36. The van der Waals surface area contributed by atoms with E-state index in [-0.39, 0.29) is 15.6 Å². The number of rotatable bonds is 3. The van der Waals surface area contributed by atoms with E-state index in [1.54, 1.807) is 6.07 Å². The van der Waals surface area contributed by atoms with E-state index in [1.807, 2.05) is 0 Å². The van der Waals surface area contributed by atoms with Crippen molar-refractivity contribution in [2.75, 3.05) is 10.5 Å². The Morgan fingerprint density at radius 2 is 1.74 bits per heavy atom. The molecule has 0 spiro atoms. The van der Waals surface area contributed by atoms with E-state index in [1.165, 1.54) is 12.1 Å². The first-order chi connectivity index (χ1) is 8.88. The summed E-state index contributed by atoms with van der Waals surface area (Å²) in [6.45, 7) is 0. The summed E-state index contributed by atoms with van der Waals surface area (Å²) in [5.74, 6) is -0.513. The fraction of sp³-hybridized carbons (Fsp3) is 0. The van der Waals surface area contributed by atoms with Gasteiger partial charge in [-0.25, -0.2) is 12.8 Å². The van der Waals surface area contributed by atoms with E-state index in [9.17, 15) is 12.8 Å². The molecule has 0 fully saturated rings. The summed E-state index contributed by atoms with van der Waals surface area (Å²) in [7, 11) is -3.83. The second kappa shape index (κ2) is 5.07. The number of halogens is 2. The lowest BCUT2D eigenvalue weighted by Gasteiger charge is -2.10. The number of hydrogen-bond acceptors (Lipinski definition) is 3. The Labute approximate surface area is 115 Å². The van der Waals surface area contributed by atoms with Crippen LogP contribution < -0.4 is 10.5 Å². The third-order valence-corrected chi connectivity index (χ3v) is 4.07. The summed E-state index contributed by atoms with van der Waals surface area (Å²) in [6.07, 6.45) is 0. The summed E-state index contributed by atoms with van der Waals surface area (Å²) in [5, 5.41) is 0.222. The molecule has 0 aliphatic rings. The van der Waals surface area contributed by atoms with Crippen LogP contribution >= 0.6 is 11.6 Å². The lowest BCUT2D eigenvalue weighted by atomic mass is 10.3. The molecule has 4 nitrogen and oxygen atoms in total. The summed E-state index contributed by atoms with van der Waals surface area (Å²) < 4.78 is 39.2. The molecule has 7 heteroatoms. The zero-order valence-electron chi connectivity index (χ0n) is 9.60. The molecule has 2 aromatic carbocycles. The number of sulfonamides is 1. The van der Waals surface area contributed by atoms with Gasteiger partial charge in [0.05, 0.1) is 15.6 Å². The molecule has 0 aromatic heterocycles. The minimum absolute atomic E-state index is 0.0626. The maximum Gasteiger partial charge on any atom is 0.261 e. The molecule has 19 heavy (non-hydrogen) atoms. The summed E-state index contributed by atoms with van der Waals surface area (Å²) >= 11 is 5.87. The van der Waals surface area contributed by atoms with Crippen LogP contribution in [0.25, 0.3) is 0 Å². The van der Waals surface area contributed by atoms with Crippen molar-refractivity contribution >= 4 is 33.0 Å². The summed E-state index contributed by atoms with van der Waals surface area (Å²) in [5.41, 5.74) is 6.11. The van der Waals surface area contributed by atoms with Gasteiger partial charge in [-0.15, -0.1) is 0 Å². The van der Waals surface area contributed by atoms with Crippen LogP contribution in [-0.2, 0) is 10.0 Å². The van der Waals surface area contributed by atoms with Gasteiger partial charge in [0, 0.05) is 5.69 Å². The van der Waals surface area contributed by atoms with E-state index < -0.39 is 15.8 Å². The lowest BCUT2D eigenvalue weighted by Crippen LogP contribution is -2.13. The zero-order chi connectivity index (χ0) is 14.0. The largest absolute Gasteiger partial charge is 0.399 e. The van der Waals surface area contributed by atoms with Crippen molar-refractivity contribution in [1.29, 1.82) is 0 Å². The van der Waals surface area contributed by atoms with Gasteiger partial charge in [-0.2, -0.15) is 0 Å². The monoisotopic (exact) mass is 300 g/mol. The lowest BCUT2D eigenvalue weighted by molar-refractivity contribution is 0.599. The Balaban J connectivity index is 2.36. The maximum absolute atomic E-state index is 12.8. The zero-order valence-corrected chi connectivity index (χ0v) is 11.2. The topological polar surface area (TPSA) is 72.2 Å². The van der Waals surface area contributed by atoms with E-state index >= 15 is 0 Å². The molecule has 0 atom stereocenters. The average molecular weight is 301 g/mol. The van der Waals surface area contributed by atoms with Gasteiger partial charge in [0.2, 0.25) is 0 Å². The highest BCUT2D eigenvalue weighted by Gasteiger charge is 2.15. The van der Waals surface area contributed by atoms with E-state index in [0.29, 0.717) is 5.69 Å². The number of nitrogens with one attached hydrogen (secondary N) is 1. The number of benzene rings is 2. The molecule has 0 amide bonds. The molecule has 0 heterocycles. The van der Waals surface area contributed by atoms with Gasteiger partial charge in [0.1, 0.15) is 5.82 Å². The Bertz CT molecular complexity index is 702. The van der Waals surface area contributed by atoms with Crippen LogP contribution in [0.3, 0.4) is 0 Å². The SMILES string of the molecule is Nc1ccc(Cl)c(NS(=O)(=O)c2ccc(F)cc2)c1. The molecular formula is C12H10ClFN2O2S. The standard InChI is InChI=1S/C12H10ClFN2O2S/c13-11-6-3-9(15)7-12(11)16-19(17,18)10-4-1-8(14)2-5-10/h1-7,16H,15H2. The molecule has 0 aliphatic heterocycles. The normalized spacial score (nSPS) is 11.3. The molecule has 0 saturated heterocycles. The minimum Gasteiger partial charge on any atom is -0.399 e. The number of hydrogen-bond donors (Lipinski definition) is 2. The molecule has 3 N–H and O–H groups in total. The number of anilines is 2. The molecule has 0 saturated carbocycles. The fourth-order valence-electron chi connectivity index (χ4n) is 1.44. The van der Waals surface area contributed by atoms with Crippen molar-refractivity contribution in [2.45, 2.75) is 4.90 Å². The fourth-order valence-corrected chi connectivity index (χ4v) is 2.73. The van der Waals surface area contributed by atoms with Gasteiger partial charge in [0.15, 0.2) is 0 Å². The second-order valence-corrected chi connectivity index (χ2v) is 5.89. The van der Waals surface area contributed by atoms with Gasteiger partial charge in [0.25, 0.3) is 10.0 Å². The molecule has 100 valence electrons. The van der Waals surface area contributed by atoms with Crippen LogP contribution in [0, 0.1) is 5.82 Å². The van der Waals surface area contributed by atoms with Crippen molar-refractivity contribution < 1.29 is 12.8 Å². The van der Waals surface area contributed by atoms with E-state index in [2.05, 4.69) is 4.72 Å². The predicted octanol–water partition coefficient (Wildman–Crippen LogP) is 2.86. The summed E-state index contributed by atoms with van der Waals surface area (Å²) in [4.78, 5) is -0.0626. The molecule has 0 aliphatic carbocycles. The number of nitrogen functional groups attached to an aromatic ring is 1. The Morgan fingerprint density at radius 3 is 2.37 bits per heavy atom. The maximum atomic E-state index is 12.8. The van der Waals surface area contributed by atoms with Gasteiger partial charge in [-0.3, -0.25) is 4.72 Å². The molecule has 0 radical (unpaired) electrons. The highest BCUT2D eigenvalue weighted by Crippen LogP contribution is 2.26. The van der Waals surface area contributed by atoms with Crippen LogP contribution in [-0.4, -0.2) is 8.42 Å². The average Bonchev–Trinajstić information content (AvgIpc) is 2.34. The second-order valence-electron chi connectivity index (χ2n) is 3.80. The van der Waals surface area contributed by atoms with Gasteiger partial charge >= 0.3 is 0 Å². The third kappa shape index (κ3) is 3.15. The van der Waals surface area contributed by atoms with Gasteiger partial charge in [-0.1, -0.05) is 11.6 Å². The molecule has 2 rings (SSSR count). The molecule has 0 bridgehead atoms. The van der Waals surface area contributed by atoms with Crippen molar-refractivity contribution in [3.05, 3.63) is 53.3 Å². The van der Waals surface area contributed by atoms with Crippen LogP contribution in [0.4, 0.5) is 15.8 Å². The smallest absolute Gasteiger partial charge is 0.261 e. The van der Waals surface area contributed by atoms with Crippen molar-refractivity contribution in [3.8, 4) is 0 Å². The molecule has 2 aromatic rings. The van der Waals surface area contributed by atoms with E-state index in [0.717, 1.165) is 24.3 Å². The molecule has 0 unspecified atom stereocenters. The number of nitrogens with two attached hydrogens (primary N) is 1. The van der Waals surface area contributed by atoms with E-state index in [4.69, 9.17) is 17.3 Å². The Morgan fingerprint density at radius 1 is 1.11 bits per heavy atom. The highest BCUT2D eigenvalue weighted by molar-refractivity contribution is 7.92.